The average Bonchev–Trinajstić information content (AvgIpc) is 2.64. The van der Waals surface area contributed by atoms with E-state index in [1.807, 2.05) is 12.1 Å². The number of anilines is 1. The van der Waals surface area contributed by atoms with E-state index in [1.165, 1.54) is 32.4 Å². The summed E-state index contributed by atoms with van der Waals surface area (Å²) in [7, 11) is 0. The van der Waals surface area contributed by atoms with Crippen LogP contribution in [0, 0.1) is 11.3 Å². The Kier molecular flexibility index (Phi) is 5.00. The molecule has 20 heavy (non-hydrogen) atoms. The summed E-state index contributed by atoms with van der Waals surface area (Å²) in [5.74, 6) is 6.99. The van der Waals surface area contributed by atoms with Crippen LogP contribution in [0.4, 0.5) is 5.82 Å². The largest absolute Gasteiger partial charge is 0.308 e. The lowest BCUT2D eigenvalue weighted by Gasteiger charge is -2.29. The first kappa shape index (κ1) is 15.3. The highest BCUT2D eigenvalue weighted by molar-refractivity contribution is 5.33. The van der Waals surface area contributed by atoms with E-state index in [0.29, 0.717) is 5.41 Å². The van der Waals surface area contributed by atoms with Gasteiger partial charge in [-0.15, -0.1) is 0 Å². The highest BCUT2D eigenvalue weighted by Crippen LogP contribution is 2.34. The number of nitrogens with zero attached hydrogens (tertiary/aromatic N) is 2. The van der Waals surface area contributed by atoms with Crippen molar-refractivity contribution in [2.24, 2.45) is 17.2 Å². The van der Waals surface area contributed by atoms with Crippen molar-refractivity contribution in [3.8, 4) is 0 Å². The molecular weight excluding hydrogens is 248 g/mol. The Balaban J connectivity index is 1.94. The number of hydrazine groups is 1. The van der Waals surface area contributed by atoms with Crippen LogP contribution in [-0.2, 0) is 6.54 Å². The third kappa shape index (κ3) is 4.18. The first-order valence-corrected chi connectivity index (χ1v) is 7.64. The van der Waals surface area contributed by atoms with E-state index in [2.05, 4.69) is 42.1 Å². The summed E-state index contributed by atoms with van der Waals surface area (Å²) in [4.78, 5) is 7.03. The molecule has 1 saturated heterocycles. The van der Waals surface area contributed by atoms with Crippen molar-refractivity contribution in [2.75, 3.05) is 18.5 Å². The standard InChI is InChI=1S/C16H28N4/c1-16(2,3)13-6-5-10-20(11-9-13)12-14-7-4-8-15(18-14)19-17/h4,7-8,13H,5-6,9-12,17H2,1-3H3,(H,18,19). The highest BCUT2D eigenvalue weighted by atomic mass is 15.3. The van der Waals surface area contributed by atoms with Gasteiger partial charge in [-0.2, -0.15) is 0 Å². The Morgan fingerprint density at radius 2 is 2.10 bits per heavy atom. The van der Waals surface area contributed by atoms with Crippen molar-refractivity contribution < 1.29 is 0 Å². The van der Waals surface area contributed by atoms with Crippen LogP contribution in [0.25, 0.3) is 0 Å². The number of nitrogens with one attached hydrogen (secondary N) is 1. The molecule has 2 heterocycles. The summed E-state index contributed by atoms with van der Waals surface area (Å²) in [6.07, 6.45) is 3.92. The number of pyridine rings is 1. The number of aromatic nitrogens is 1. The molecule has 0 radical (unpaired) electrons. The Morgan fingerprint density at radius 1 is 1.30 bits per heavy atom. The first-order valence-electron chi connectivity index (χ1n) is 7.64. The Labute approximate surface area is 122 Å². The van der Waals surface area contributed by atoms with Gasteiger partial charge in [0.25, 0.3) is 0 Å². The van der Waals surface area contributed by atoms with Crippen LogP contribution in [0.3, 0.4) is 0 Å². The van der Waals surface area contributed by atoms with Crippen LogP contribution >= 0.6 is 0 Å². The van der Waals surface area contributed by atoms with Gasteiger partial charge in [0.05, 0.1) is 5.69 Å². The average molecular weight is 276 g/mol. The van der Waals surface area contributed by atoms with Gasteiger partial charge >= 0.3 is 0 Å². The third-order valence-corrected chi connectivity index (χ3v) is 4.39. The van der Waals surface area contributed by atoms with Gasteiger partial charge in [-0.3, -0.25) is 4.90 Å². The van der Waals surface area contributed by atoms with Crippen molar-refractivity contribution in [1.29, 1.82) is 0 Å². The van der Waals surface area contributed by atoms with Gasteiger partial charge in [0.1, 0.15) is 5.82 Å². The van der Waals surface area contributed by atoms with Crippen molar-refractivity contribution in [3.05, 3.63) is 23.9 Å². The van der Waals surface area contributed by atoms with Gasteiger partial charge < -0.3 is 5.43 Å². The van der Waals surface area contributed by atoms with Crippen LogP contribution < -0.4 is 11.3 Å². The van der Waals surface area contributed by atoms with Crippen molar-refractivity contribution >= 4 is 5.82 Å². The molecule has 112 valence electrons. The van der Waals surface area contributed by atoms with E-state index in [4.69, 9.17) is 5.84 Å². The van der Waals surface area contributed by atoms with Gasteiger partial charge in [-0.1, -0.05) is 26.8 Å². The smallest absolute Gasteiger partial charge is 0.140 e. The molecular formula is C16H28N4. The Morgan fingerprint density at radius 3 is 2.80 bits per heavy atom. The zero-order valence-electron chi connectivity index (χ0n) is 13.0. The van der Waals surface area contributed by atoms with E-state index in [-0.39, 0.29) is 0 Å². The Bertz CT molecular complexity index is 425. The molecule has 0 spiro atoms. The molecule has 0 aromatic carbocycles. The summed E-state index contributed by atoms with van der Waals surface area (Å²) >= 11 is 0. The lowest BCUT2D eigenvalue weighted by atomic mass is 9.77. The molecule has 1 aliphatic rings. The lowest BCUT2D eigenvalue weighted by Crippen LogP contribution is -2.26. The molecule has 0 aliphatic carbocycles. The maximum Gasteiger partial charge on any atom is 0.140 e. The van der Waals surface area contributed by atoms with Crippen LogP contribution in [0.15, 0.2) is 18.2 Å². The minimum atomic E-state index is 0.428. The fourth-order valence-electron chi connectivity index (χ4n) is 3.06. The molecule has 2 rings (SSSR count). The SMILES string of the molecule is CC(C)(C)C1CCCN(Cc2cccc(NN)n2)CC1. The molecule has 0 saturated carbocycles. The van der Waals surface area contributed by atoms with Crippen molar-refractivity contribution in [3.63, 3.8) is 0 Å². The number of nitrogens with two attached hydrogens (primary N) is 1. The second-order valence-corrected chi connectivity index (χ2v) is 6.93. The maximum atomic E-state index is 5.42. The van der Waals surface area contributed by atoms with E-state index in [1.54, 1.807) is 0 Å². The topological polar surface area (TPSA) is 54.2 Å². The zero-order chi connectivity index (χ0) is 14.6. The number of nitrogen functional groups attached to an aromatic ring is 1. The number of hydrogen-bond acceptors (Lipinski definition) is 4. The van der Waals surface area contributed by atoms with Gasteiger partial charge in [0.2, 0.25) is 0 Å². The number of hydrogen-bond donors (Lipinski definition) is 2. The zero-order valence-corrected chi connectivity index (χ0v) is 13.0. The summed E-state index contributed by atoms with van der Waals surface area (Å²) in [6.45, 7) is 10.4. The van der Waals surface area contributed by atoms with E-state index in [0.717, 1.165) is 24.0 Å². The van der Waals surface area contributed by atoms with Gasteiger partial charge in [0, 0.05) is 6.54 Å². The molecule has 0 bridgehead atoms. The number of rotatable bonds is 3. The minimum Gasteiger partial charge on any atom is -0.308 e. The van der Waals surface area contributed by atoms with Crippen molar-refractivity contribution in [2.45, 2.75) is 46.6 Å². The predicted molar refractivity (Wildman–Crippen MR) is 84.1 cm³/mol. The normalized spacial score (nSPS) is 21.5. The van der Waals surface area contributed by atoms with E-state index < -0.39 is 0 Å². The van der Waals surface area contributed by atoms with Gasteiger partial charge in [0.15, 0.2) is 0 Å². The molecule has 1 atom stereocenters. The van der Waals surface area contributed by atoms with Crippen LogP contribution in [0.1, 0.15) is 45.7 Å². The molecule has 4 nitrogen and oxygen atoms in total. The van der Waals surface area contributed by atoms with Gasteiger partial charge in [-0.05, 0) is 55.8 Å². The number of likely N-dealkylation sites (tertiary alicyclic amines) is 1. The summed E-state index contributed by atoms with van der Waals surface area (Å²) in [6, 6.07) is 5.97. The minimum absolute atomic E-state index is 0.428. The molecule has 1 unspecified atom stereocenters. The monoisotopic (exact) mass is 276 g/mol. The third-order valence-electron chi connectivity index (χ3n) is 4.39. The lowest BCUT2D eigenvalue weighted by molar-refractivity contribution is 0.206. The molecule has 1 aromatic rings. The second-order valence-electron chi connectivity index (χ2n) is 6.93. The fraction of sp³-hybridized carbons (Fsp3) is 0.688. The second kappa shape index (κ2) is 6.55. The quantitative estimate of drug-likeness (QED) is 0.658. The fourth-order valence-corrected chi connectivity index (χ4v) is 3.06. The summed E-state index contributed by atoms with van der Waals surface area (Å²) in [5, 5.41) is 0. The predicted octanol–water partition coefficient (Wildman–Crippen LogP) is 3.02. The maximum absolute atomic E-state index is 5.42. The highest BCUT2D eigenvalue weighted by Gasteiger charge is 2.27. The molecule has 1 fully saturated rings. The van der Waals surface area contributed by atoms with E-state index >= 15 is 0 Å². The molecule has 0 amide bonds. The molecule has 1 aromatic heterocycles. The van der Waals surface area contributed by atoms with Crippen LogP contribution in [-0.4, -0.2) is 23.0 Å². The molecule has 1 aliphatic heterocycles. The summed E-state index contributed by atoms with van der Waals surface area (Å²) < 4.78 is 0. The van der Waals surface area contributed by atoms with Gasteiger partial charge in [-0.25, -0.2) is 10.8 Å². The summed E-state index contributed by atoms with van der Waals surface area (Å²) in [5.41, 5.74) is 4.13. The van der Waals surface area contributed by atoms with Crippen molar-refractivity contribution in [1.82, 2.24) is 9.88 Å². The van der Waals surface area contributed by atoms with Crippen LogP contribution in [0.2, 0.25) is 0 Å². The Hall–Kier alpha value is -1.13. The van der Waals surface area contributed by atoms with E-state index in [9.17, 15) is 0 Å². The van der Waals surface area contributed by atoms with Crippen LogP contribution in [0.5, 0.6) is 0 Å². The molecule has 3 N–H and O–H groups in total. The first-order chi connectivity index (χ1) is 9.49. The molecule has 4 heteroatoms.